The Kier molecular flexibility index (Phi) is 5.34. The molecule has 2 fully saturated rings. The molecule has 3 rings (SSSR count). The number of carbonyl (C=O) groups excluding carboxylic acids is 2. The lowest BCUT2D eigenvalue weighted by molar-refractivity contribution is -0.120. The fourth-order valence-corrected chi connectivity index (χ4v) is 3.40. The van der Waals surface area contributed by atoms with Crippen LogP contribution < -0.4 is 10.2 Å². The minimum Gasteiger partial charge on any atom is -0.444 e. The van der Waals surface area contributed by atoms with E-state index in [0.717, 1.165) is 25.3 Å². The van der Waals surface area contributed by atoms with Gasteiger partial charge >= 0.3 is 6.09 Å². The minimum atomic E-state index is -0.573. The van der Waals surface area contributed by atoms with Gasteiger partial charge in [0, 0.05) is 19.6 Å². The maximum absolute atomic E-state index is 12.6. The fourth-order valence-electron chi connectivity index (χ4n) is 3.40. The van der Waals surface area contributed by atoms with Gasteiger partial charge in [-0.1, -0.05) is 0 Å². The number of rotatable bonds is 3. The quantitative estimate of drug-likeness (QED) is 0.897. The number of likely N-dealkylation sites (tertiary alicyclic amines) is 1. The SMILES string of the molecule is CC(C)(C)OC(=O)N1CCCC1C(=O)Nc1ccc(N2CCCC2)nc1. The molecule has 0 saturated carbocycles. The second-order valence-corrected chi connectivity index (χ2v) is 7.92. The minimum absolute atomic E-state index is 0.191. The first-order valence-corrected chi connectivity index (χ1v) is 9.35. The lowest BCUT2D eigenvalue weighted by Crippen LogP contribution is -2.45. The molecule has 1 aromatic rings. The van der Waals surface area contributed by atoms with Crippen LogP contribution in [0.5, 0.6) is 0 Å². The molecule has 142 valence electrons. The average molecular weight is 360 g/mol. The van der Waals surface area contributed by atoms with Crippen molar-refractivity contribution >= 4 is 23.5 Å². The predicted molar refractivity (Wildman–Crippen MR) is 100 cm³/mol. The summed E-state index contributed by atoms with van der Waals surface area (Å²) in [5, 5.41) is 2.88. The molecule has 3 heterocycles. The second-order valence-electron chi connectivity index (χ2n) is 7.92. The normalized spacial score (nSPS) is 20.3. The third kappa shape index (κ3) is 4.45. The highest BCUT2D eigenvalue weighted by atomic mass is 16.6. The summed E-state index contributed by atoms with van der Waals surface area (Å²) < 4.78 is 5.41. The van der Waals surface area contributed by atoms with Gasteiger partial charge in [0.15, 0.2) is 0 Å². The highest BCUT2D eigenvalue weighted by Crippen LogP contribution is 2.23. The molecule has 2 aliphatic heterocycles. The maximum Gasteiger partial charge on any atom is 0.410 e. The lowest BCUT2D eigenvalue weighted by atomic mass is 10.2. The van der Waals surface area contributed by atoms with Crippen LogP contribution >= 0.6 is 0 Å². The fraction of sp³-hybridized carbons (Fsp3) is 0.632. The Labute approximate surface area is 154 Å². The number of carbonyl (C=O) groups is 2. The smallest absolute Gasteiger partial charge is 0.410 e. The van der Waals surface area contributed by atoms with E-state index in [1.807, 2.05) is 32.9 Å². The Morgan fingerprint density at radius 1 is 1.15 bits per heavy atom. The topological polar surface area (TPSA) is 74.8 Å². The summed E-state index contributed by atoms with van der Waals surface area (Å²) in [5.41, 5.74) is 0.0738. The molecule has 1 aromatic heterocycles. The number of anilines is 2. The van der Waals surface area contributed by atoms with Crippen LogP contribution in [0.2, 0.25) is 0 Å². The summed E-state index contributed by atoms with van der Waals surface area (Å²) in [7, 11) is 0. The van der Waals surface area contributed by atoms with E-state index < -0.39 is 17.7 Å². The van der Waals surface area contributed by atoms with Gasteiger partial charge < -0.3 is 15.0 Å². The molecule has 0 bridgehead atoms. The van der Waals surface area contributed by atoms with Gasteiger partial charge in [0.05, 0.1) is 11.9 Å². The standard InChI is InChI=1S/C19H28N4O3/c1-19(2,3)26-18(25)23-12-6-7-15(23)17(24)21-14-8-9-16(20-13-14)22-10-4-5-11-22/h8-9,13,15H,4-7,10-12H2,1-3H3,(H,21,24). The molecule has 26 heavy (non-hydrogen) atoms. The highest BCUT2D eigenvalue weighted by molar-refractivity contribution is 5.96. The number of aromatic nitrogens is 1. The third-order valence-corrected chi connectivity index (χ3v) is 4.63. The van der Waals surface area contributed by atoms with Crippen LogP contribution in [0.25, 0.3) is 0 Å². The van der Waals surface area contributed by atoms with Crippen LogP contribution in [-0.2, 0) is 9.53 Å². The number of pyridine rings is 1. The predicted octanol–water partition coefficient (Wildman–Crippen LogP) is 3.02. The monoisotopic (exact) mass is 360 g/mol. The molecule has 1 atom stereocenters. The van der Waals surface area contributed by atoms with Gasteiger partial charge in [-0.2, -0.15) is 0 Å². The van der Waals surface area contributed by atoms with Crippen molar-refractivity contribution in [3.8, 4) is 0 Å². The third-order valence-electron chi connectivity index (χ3n) is 4.63. The first-order chi connectivity index (χ1) is 12.3. The van der Waals surface area contributed by atoms with Crippen molar-refractivity contribution in [2.75, 3.05) is 29.9 Å². The van der Waals surface area contributed by atoms with Crippen LogP contribution in [0.15, 0.2) is 18.3 Å². The molecular formula is C19H28N4O3. The summed E-state index contributed by atoms with van der Waals surface area (Å²) in [4.78, 5) is 33.2. The molecule has 1 unspecified atom stereocenters. The number of amides is 2. The van der Waals surface area contributed by atoms with Gasteiger partial charge in [-0.15, -0.1) is 0 Å². The molecule has 0 aromatic carbocycles. The number of nitrogens with zero attached hydrogens (tertiary/aromatic N) is 3. The molecule has 0 aliphatic carbocycles. The van der Waals surface area contributed by atoms with Gasteiger partial charge in [-0.05, 0) is 58.6 Å². The molecule has 7 nitrogen and oxygen atoms in total. The van der Waals surface area contributed by atoms with Gasteiger partial charge in [0.25, 0.3) is 0 Å². The van der Waals surface area contributed by atoms with Crippen LogP contribution in [-0.4, -0.2) is 53.2 Å². The number of nitrogens with one attached hydrogen (secondary N) is 1. The van der Waals surface area contributed by atoms with Crippen molar-refractivity contribution in [2.45, 2.75) is 58.1 Å². The van der Waals surface area contributed by atoms with Crippen molar-refractivity contribution in [2.24, 2.45) is 0 Å². The number of ether oxygens (including phenoxy) is 1. The van der Waals surface area contributed by atoms with E-state index in [2.05, 4.69) is 15.2 Å². The number of hydrogen-bond donors (Lipinski definition) is 1. The largest absolute Gasteiger partial charge is 0.444 e. The van der Waals surface area contributed by atoms with Gasteiger partial charge in [0.2, 0.25) is 5.91 Å². The summed E-state index contributed by atoms with van der Waals surface area (Å²) in [5.74, 6) is 0.751. The summed E-state index contributed by atoms with van der Waals surface area (Å²) in [6.45, 7) is 8.08. The Bertz CT molecular complexity index is 648. The zero-order valence-corrected chi connectivity index (χ0v) is 15.8. The van der Waals surface area contributed by atoms with E-state index in [1.165, 1.54) is 17.7 Å². The van der Waals surface area contributed by atoms with Crippen LogP contribution in [0.1, 0.15) is 46.5 Å². The Balaban J connectivity index is 1.60. The molecular weight excluding hydrogens is 332 g/mol. The van der Waals surface area contributed by atoms with E-state index in [9.17, 15) is 9.59 Å². The Hall–Kier alpha value is -2.31. The molecule has 2 aliphatic rings. The molecule has 2 amide bonds. The molecule has 0 radical (unpaired) electrons. The summed E-state index contributed by atoms with van der Waals surface area (Å²) in [6.07, 6.45) is 5.08. The lowest BCUT2D eigenvalue weighted by Gasteiger charge is -2.28. The van der Waals surface area contributed by atoms with E-state index in [0.29, 0.717) is 18.7 Å². The van der Waals surface area contributed by atoms with Gasteiger partial charge in [-0.25, -0.2) is 9.78 Å². The molecule has 2 saturated heterocycles. The van der Waals surface area contributed by atoms with E-state index in [-0.39, 0.29) is 5.91 Å². The van der Waals surface area contributed by atoms with Crippen LogP contribution in [0.3, 0.4) is 0 Å². The average Bonchev–Trinajstić information content (AvgIpc) is 3.26. The van der Waals surface area contributed by atoms with Crippen molar-refractivity contribution in [1.29, 1.82) is 0 Å². The van der Waals surface area contributed by atoms with Gasteiger partial charge in [-0.3, -0.25) is 9.69 Å². The number of hydrogen-bond acceptors (Lipinski definition) is 5. The Morgan fingerprint density at radius 3 is 2.50 bits per heavy atom. The van der Waals surface area contributed by atoms with E-state index in [4.69, 9.17) is 4.74 Å². The van der Waals surface area contributed by atoms with Crippen molar-refractivity contribution in [1.82, 2.24) is 9.88 Å². The highest BCUT2D eigenvalue weighted by Gasteiger charge is 2.36. The first kappa shape index (κ1) is 18.5. The van der Waals surface area contributed by atoms with Crippen molar-refractivity contribution < 1.29 is 14.3 Å². The van der Waals surface area contributed by atoms with Gasteiger partial charge in [0.1, 0.15) is 17.5 Å². The summed E-state index contributed by atoms with van der Waals surface area (Å²) >= 11 is 0. The molecule has 7 heteroatoms. The Morgan fingerprint density at radius 2 is 1.88 bits per heavy atom. The van der Waals surface area contributed by atoms with Crippen molar-refractivity contribution in [3.05, 3.63) is 18.3 Å². The molecule has 1 N–H and O–H groups in total. The molecule has 0 spiro atoms. The maximum atomic E-state index is 12.6. The van der Waals surface area contributed by atoms with Crippen LogP contribution in [0.4, 0.5) is 16.3 Å². The van der Waals surface area contributed by atoms with E-state index in [1.54, 1.807) is 6.20 Å². The van der Waals surface area contributed by atoms with Crippen LogP contribution in [0, 0.1) is 0 Å². The second kappa shape index (κ2) is 7.51. The zero-order chi connectivity index (χ0) is 18.7. The van der Waals surface area contributed by atoms with Crippen molar-refractivity contribution in [3.63, 3.8) is 0 Å². The van der Waals surface area contributed by atoms with E-state index >= 15 is 0 Å². The summed E-state index contributed by atoms with van der Waals surface area (Å²) in [6, 6.07) is 3.30. The zero-order valence-electron chi connectivity index (χ0n) is 15.8. The first-order valence-electron chi connectivity index (χ1n) is 9.35.